The Kier molecular flexibility index (Phi) is 7.32. The molecular weight excluding hydrogens is 454 g/mol. The molecule has 1 fully saturated rings. The van der Waals surface area contributed by atoms with Gasteiger partial charge < -0.3 is 10.2 Å². The van der Waals surface area contributed by atoms with E-state index in [1.54, 1.807) is 28.6 Å². The Balaban J connectivity index is 1.43. The van der Waals surface area contributed by atoms with Gasteiger partial charge in [0.25, 0.3) is 5.91 Å². The van der Waals surface area contributed by atoms with E-state index in [9.17, 15) is 13.2 Å². The summed E-state index contributed by atoms with van der Waals surface area (Å²) in [5.41, 5.74) is 2.89. The number of anilines is 1. The van der Waals surface area contributed by atoms with E-state index >= 15 is 0 Å². The van der Waals surface area contributed by atoms with Crippen LogP contribution in [0.1, 0.15) is 22.3 Å². The van der Waals surface area contributed by atoms with E-state index < -0.39 is 10.0 Å². The fraction of sp³-hybridized carbons (Fsp3) is 0.381. The minimum Gasteiger partial charge on any atom is -0.369 e. The van der Waals surface area contributed by atoms with Gasteiger partial charge >= 0.3 is 0 Å². The quantitative estimate of drug-likeness (QED) is 0.619. The predicted molar refractivity (Wildman–Crippen MR) is 120 cm³/mol. The van der Waals surface area contributed by atoms with Gasteiger partial charge in [0.15, 0.2) is 0 Å². The lowest BCUT2D eigenvalue weighted by molar-refractivity contribution is 0.0953. The molecule has 29 heavy (non-hydrogen) atoms. The van der Waals surface area contributed by atoms with Crippen molar-refractivity contribution in [1.29, 1.82) is 0 Å². The van der Waals surface area contributed by atoms with Crippen LogP contribution in [0.2, 0.25) is 0 Å². The Morgan fingerprint density at radius 1 is 1.07 bits per heavy atom. The van der Waals surface area contributed by atoms with Crippen LogP contribution in [-0.4, -0.2) is 57.1 Å². The number of carbonyl (C=O) groups excluding carboxylic acids is 1. The van der Waals surface area contributed by atoms with Gasteiger partial charge in [0.1, 0.15) is 0 Å². The zero-order valence-corrected chi connectivity index (χ0v) is 18.9. The van der Waals surface area contributed by atoms with Gasteiger partial charge in [-0.05, 0) is 55.3 Å². The SMILES string of the molecule is Cc1cccc(N2CCN(S(=O)(=O)CCCNC(=O)c3ccc(Br)cc3)CC2)c1. The first-order valence-electron chi connectivity index (χ1n) is 9.68. The monoisotopic (exact) mass is 479 g/mol. The second-order valence-corrected chi connectivity index (χ2v) is 10.2. The molecule has 6 nitrogen and oxygen atoms in total. The number of halogens is 1. The zero-order chi connectivity index (χ0) is 20.9. The average molecular weight is 480 g/mol. The van der Waals surface area contributed by atoms with Gasteiger partial charge in [-0.15, -0.1) is 0 Å². The van der Waals surface area contributed by atoms with E-state index in [1.807, 2.05) is 6.07 Å². The number of nitrogens with one attached hydrogen (secondary N) is 1. The summed E-state index contributed by atoms with van der Waals surface area (Å²) >= 11 is 3.33. The summed E-state index contributed by atoms with van der Waals surface area (Å²) in [4.78, 5) is 14.3. The average Bonchev–Trinajstić information content (AvgIpc) is 2.72. The smallest absolute Gasteiger partial charge is 0.251 e. The molecular formula is C21H26BrN3O3S. The van der Waals surface area contributed by atoms with Crippen LogP contribution in [0.15, 0.2) is 53.0 Å². The van der Waals surface area contributed by atoms with E-state index in [0.29, 0.717) is 44.7 Å². The third-order valence-electron chi connectivity index (χ3n) is 4.97. The van der Waals surface area contributed by atoms with Gasteiger partial charge in [0, 0.05) is 48.4 Å². The molecule has 1 saturated heterocycles. The highest BCUT2D eigenvalue weighted by Crippen LogP contribution is 2.19. The molecule has 0 aliphatic carbocycles. The summed E-state index contributed by atoms with van der Waals surface area (Å²) in [6.07, 6.45) is 0.392. The van der Waals surface area contributed by atoms with Crippen molar-refractivity contribution in [2.75, 3.05) is 43.4 Å². The molecule has 0 unspecified atom stereocenters. The van der Waals surface area contributed by atoms with Crippen molar-refractivity contribution in [3.8, 4) is 0 Å². The summed E-state index contributed by atoms with van der Waals surface area (Å²) in [5.74, 6) is -0.153. The lowest BCUT2D eigenvalue weighted by Crippen LogP contribution is -2.49. The molecule has 1 aliphatic rings. The van der Waals surface area contributed by atoms with Crippen molar-refractivity contribution in [3.63, 3.8) is 0 Å². The Morgan fingerprint density at radius 2 is 1.76 bits per heavy atom. The maximum absolute atomic E-state index is 12.6. The second kappa shape index (κ2) is 9.73. The normalized spacial score (nSPS) is 15.3. The van der Waals surface area contributed by atoms with Crippen molar-refractivity contribution < 1.29 is 13.2 Å². The van der Waals surface area contributed by atoms with Crippen molar-refractivity contribution in [2.24, 2.45) is 0 Å². The number of aryl methyl sites for hydroxylation is 1. The van der Waals surface area contributed by atoms with E-state index in [1.165, 1.54) is 5.56 Å². The van der Waals surface area contributed by atoms with Gasteiger partial charge in [0.05, 0.1) is 5.75 Å². The highest BCUT2D eigenvalue weighted by atomic mass is 79.9. The number of amides is 1. The number of rotatable bonds is 7. The standard InChI is InChI=1S/C21H26BrN3O3S/c1-17-4-2-5-20(16-17)24-11-13-25(14-12-24)29(27,28)15-3-10-23-21(26)18-6-8-19(22)9-7-18/h2,4-9,16H,3,10-15H2,1H3,(H,23,26). The Hall–Kier alpha value is -1.90. The minimum atomic E-state index is -3.32. The number of carbonyl (C=O) groups is 1. The molecule has 0 spiro atoms. The van der Waals surface area contributed by atoms with E-state index in [2.05, 4.69) is 51.3 Å². The molecule has 8 heteroatoms. The Bertz CT molecular complexity index is 940. The molecule has 1 aliphatic heterocycles. The molecule has 3 rings (SSSR count). The van der Waals surface area contributed by atoms with Crippen LogP contribution in [0.5, 0.6) is 0 Å². The first-order chi connectivity index (χ1) is 13.8. The lowest BCUT2D eigenvalue weighted by Gasteiger charge is -2.35. The van der Waals surface area contributed by atoms with Crippen LogP contribution in [0.4, 0.5) is 5.69 Å². The first-order valence-corrected chi connectivity index (χ1v) is 12.1. The van der Waals surface area contributed by atoms with Crippen molar-refractivity contribution in [2.45, 2.75) is 13.3 Å². The number of hydrogen-bond donors (Lipinski definition) is 1. The Morgan fingerprint density at radius 3 is 2.41 bits per heavy atom. The number of nitrogens with zero attached hydrogens (tertiary/aromatic N) is 2. The van der Waals surface area contributed by atoms with Crippen molar-refractivity contribution >= 4 is 37.5 Å². The van der Waals surface area contributed by atoms with Crippen LogP contribution in [0.3, 0.4) is 0 Å². The minimum absolute atomic E-state index is 0.0397. The zero-order valence-electron chi connectivity index (χ0n) is 16.5. The summed E-state index contributed by atoms with van der Waals surface area (Å²) in [6, 6.07) is 15.3. The lowest BCUT2D eigenvalue weighted by atomic mass is 10.2. The highest BCUT2D eigenvalue weighted by Gasteiger charge is 2.26. The largest absolute Gasteiger partial charge is 0.369 e. The summed E-state index contributed by atoms with van der Waals surface area (Å²) in [6.45, 7) is 4.73. The van der Waals surface area contributed by atoms with E-state index in [0.717, 1.165) is 10.2 Å². The maximum atomic E-state index is 12.6. The highest BCUT2D eigenvalue weighted by molar-refractivity contribution is 9.10. The third kappa shape index (κ3) is 6.04. The number of piperazine rings is 1. The molecule has 1 amide bonds. The molecule has 1 N–H and O–H groups in total. The molecule has 156 valence electrons. The first kappa shape index (κ1) is 21.8. The number of benzene rings is 2. The van der Waals surface area contributed by atoms with Gasteiger partial charge in [-0.25, -0.2) is 8.42 Å². The topological polar surface area (TPSA) is 69.7 Å². The molecule has 0 atom stereocenters. The molecule has 0 radical (unpaired) electrons. The molecule has 0 saturated carbocycles. The molecule has 1 heterocycles. The molecule has 0 bridgehead atoms. The van der Waals surface area contributed by atoms with Gasteiger partial charge in [-0.3, -0.25) is 4.79 Å². The Labute approximate surface area is 181 Å². The fourth-order valence-electron chi connectivity index (χ4n) is 3.34. The van der Waals surface area contributed by atoms with Crippen LogP contribution in [0.25, 0.3) is 0 Å². The van der Waals surface area contributed by atoms with Gasteiger partial charge in [-0.1, -0.05) is 28.1 Å². The maximum Gasteiger partial charge on any atom is 0.251 e. The van der Waals surface area contributed by atoms with E-state index in [4.69, 9.17) is 0 Å². The molecule has 2 aromatic carbocycles. The number of hydrogen-bond acceptors (Lipinski definition) is 4. The van der Waals surface area contributed by atoms with Crippen LogP contribution in [0, 0.1) is 6.92 Å². The van der Waals surface area contributed by atoms with Crippen LogP contribution in [-0.2, 0) is 10.0 Å². The van der Waals surface area contributed by atoms with Gasteiger partial charge in [-0.2, -0.15) is 4.31 Å². The summed E-state index contributed by atoms with van der Waals surface area (Å²) in [7, 11) is -3.32. The summed E-state index contributed by atoms with van der Waals surface area (Å²) in [5, 5.41) is 2.78. The third-order valence-corrected chi connectivity index (χ3v) is 7.46. The second-order valence-electron chi connectivity index (χ2n) is 7.16. The van der Waals surface area contributed by atoms with Crippen LogP contribution < -0.4 is 10.2 Å². The summed E-state index contributed by atoms with van der Waals surface area (Å²) < 4.78 is 27.7. The van der Waals surface area contributed by atoms with Crippen molar-refractivity contribution in [3.05, 3.63) is 64.1 Å². The predicted octanol–water partition coefficient (Wildman–Crippen LogP) is 3.03. The fourth-order valence-corrected chi connectivity index (χ4v) is 5.09. The van der Waals surface area contributed by atoms with Crippen molar-refractivity contribution in [1.82, 2.24) is 9.62 Å². The molecule has 2 aromatic rings. The number of sulfonamides is 1. The van der Waals surface area contributed by atoms with Gasteiger partial charge in [0.2, 0.25) is 10.0 Å². The van der Waals surface area contributed by atoms with Crippen LogP contribution >= 0.6 is 15.9 Å². The molecule has 0 aromatic heterocycles. The van der Waals surface area contributed by atoms with E-state index in [-0.39, 0.29) is 11.7 Å².